The molecule has 0 atom stereocenters. The van der Waals surface area contributed by atoms with E-state index >= 15 is 0 Å². The van der Waals surface area contributed by atoms with Crippen molar-refractivity contribution in [3.05, 3.63) is 33.8 Å². The summed E-state index contributed by atoms with van der Waals surface area (Å²) < 4.78 is 1.20. The quantitative estimate of drug-likeness (QED) is 0.809. The van der Waals surface area contributed by atoms with Crippen molar-refractivity contribution in [1.29, 1.82) is 0 Å². The van der Waals surface area contributed by atoms with Gasteiger partial charge in [0.15, 0.2) is 0 Å². The summed E-state index contributed by atoms with van der Waals surface area (Å²) in [4.78, 5) is 2.56. The van der Waals surface area contributed by atoms with Gasteiger partial charge in [0.1, 0.15) is 0 Å². The highest BCUT2D eigenvalue weighted by Gasteiger charge is 2.13. The average Bonchev–Trinajstić information content (AvgIpc) is 2.73. The maximum absolute atomic E-state index is 3.54. The van der Waals surface area contributed by atoms with E-state index in [1.807, 2.05) is 0 Å². The molecule has 1 aromatic carbocycles. The molecule has 0 spiro atoms. The molecule has 15 heavy (non-hydrogen) atoms. The van der Waals surface area contributed by atoms with E-state index in [9.17, 15) is 0 Å². The van der Waals surface area contributed by atoms with Gasteiger partial charge in [-0.2, -0.15) is 0 Å². The predicted molar refractivity (Wildman–Crippen MR) is 68.0 cm³/mol. The zero-order valence-electron chi connectivity index (χ0n) is 9.30. The summed E-state index contributed by atoms with van der Waals surface area (Å²) in [5, 5.41) is 0. The first-order chi connectivity index (χ1) is 7.29. The summed E-state index contributed by atoms with van der Waals surface area (Å²) >= 11 is 3.54. The molecule has 0 radical (unpaired) electrons. The van der Waals surface area contributed by atoms with Crippen LogP contribution in [0.3, 0.4) is 0 Å². The zero-order valence-corrected chi connectivity index (χ0v) is 10.9. The lowest BCUT2D eigenvalue weighted by Gasteiger charge is -2.17. The Morgan fingerprint density at radius 1 is 1.20 bits per heavy atom. The summed E-state index contributed by atoms with van der Waals surface area (Å²) in [6.45, 7) is 5.92. The van der Waals surface area contributed by atoms with Crippen LogP contribution in [0.2, 0.25) is 0 Å². The van der Waals surface area contributed by atoms with Gasteiger partial charge in [-0.3, -0.25) is 4.90 Å². The Bertz CT molecular complexity index is 329. The van der Waals surface area contributed by atoms with E-state index in [1.165, 1.54) is 41.5 Å². The van der Waals surface area contributed by atoms with Crippen molar-refractivity contribution < 1.29 is 0 Å². The van der Waals surface area contributed by atoms with Crippen LogP contribution in [0, 0.1) is 0 Å². The number of halogens is 1. The lowest BCUT2D eigenvalue weighted by atomic mass is 10.1. The molecule has 1 saturated heterocycles. The SMILES string of the molecule is CCc1cc(Br)ccc1CN1CCCC1. The Balaban J connectivity index is 2.12. The molecule has 2 heteroatoms. The van der Waals surface area contributed by atoms with Gasteiger partial charge in [-0.05, 0) is 55.6 Å². The fourth-order valence-corrected chi connectivity index (χ4v) is 2.67. The van der Waals surface area contributed by atoms with Gasteiger partial charge < -0.3 is 0 Å². The number of rotatable bonds is 3. The van der Waals surface area contributed by atoms with Gasteiger partial charge >= 0.3 is 0 Å². The molecule has 0 bridgehead atoms. The summed E-state index contributed by atoms with van der Waals surface area (Å²) in [5.74, 6) is 0. The molecule has 0 saturated carbocycles. The Hall–Kier alpha value is -0.340. The minimum atomic E-state index is 1.13. The third-order valence-corrected chi connectivity index (χ3v) is 3.64. The van der Waals surface area contributed by atoms with Gasteiger partial charge in [-0.25, -0.2) is 0 Å². The van der Waals surface area contributed by atoms with Crippen molar-refractivity contribution >= 4 is 15.9 Å². The van der Waals surface area contributed by atoms with E-state index in [-0.39, 0.29) is 0 Å². The number of benzene rings is 1. The molecular formula is C13H18BrN. The van der Waals surface area contributed by atoms with E-state index in [0.717, 1.165) is 13.0 Å². The summed E-state index contributed by atoms with van der Waals surface area (Å²) in [6, 6.07) is 6.68. The van der Waals surface area contributed by atoms with Crippen molar-refractivity contribution in [2.75, 3.05) is 13.1 Å². The van der Waals surface area contributed by atoms with Crippen LogP contribution < -0.4 is 0 Å². The van der Waals surface area contributed by atoms with E-state index < -0.39 is 0 Å². The second-order valence-corrected chi connectivity index (χ2v) is 5.17. The molecule has 0 amide bonds. The van der Waals surface area contributed by atoms with Gasteiger partial charge in [-0.15, -0.1) is 0 Å². The molecule has 1 aliphatic rings. The van der Waals surface area contributed by atoms with Gasteiger partial charge in [0.05, 0.1) is 0 Å². The van der Waals surface area contributed by atoms with Crippen LogP contribution in [0.15, 0.2) is 22.7 Å². The Morgan fingerprint density at radius 3 is 2.60 bits per heavy atom. The molecule has 0 aliphatic carbocycles. The fraction of sp³-hybridized carbons (Fsp3) is 0.538. The monoisotopic (exact) mass is 267 g/mol. The summed E-state index contributed by atoms with van der Waals surface area (Å²) in [6.07, 6.45) is 3.87. The van der Waals surface area contributed by atoms with Crippen LogP contribution in [0.1, 0.15) is 30.9 Å². The predicted octanol–water partition coefficient (Wildman–Crippen LogP) is 3.61. The molecule has 82 valence electrons. The number of hydrogen-bond donors (Lipinski definition) is 0. The zero-order chi connectivity index (χ0) is 10.7. The molecule has 1 nitrogen and oxygen atoms in total. The van der Waals surface area contributed by atoms with Gasteiger partial charge in [0, 0.05) is 11.0 Å². The molecule has 2 rings (SSSR count). The minimum Gasteiger partial charge on any atom is -0.299 e. The van der Waals surface area contributed by atoms with E-state index in [4.69, 9.17) is 0 Å². The first-order valence-corrected chi connectivity index (χ1v) is 6.58. The van der Waals surface area contributed by atoms with Gasteiger partial charge in [0.2, 0.25) is 0 Å². The van der Waals surface area contributed by atoms with Crippen LogP contribution in [-0.4, -0.2) is 18.0 Å². The second-order valence-electron chi connectivity index (χ2n) is 4.25. The minimum absolute atomic E-state index is 1.13. The van der Waals surface area contributed by atoms with Crippen LogP contribution in [-0.2, 0) is 13.0 Å². The van der Waals surface area contributed by atoms with E-state index in [0.29, 0.717) is 0 Å². The lowest BCUT2D eigenvalue weighted by molar-refractivity contribution is 0.330. The lowest BCUT2D eigenvalue weighted by Crippen LogP contribution is -2.19. The third-order valence-electron chi connectivity index (χ3n) is 3.14. The second kappa shape index (κ2) is 5.13. The molecule has 1 aromatic rings. The van der Waals surface area contributed by atoms with Crippen LogP contribution in [0.4, 0.5) is 0 Å². The van der Waals surface area contributed by atoms with Crippen molar-refractivity contribution in [1.82, 2.24) is 4.90 Å². The van der Waals surface area contributed by atoms with Crippen molar-refractivity contribution in [2.45, 2.75) is 32.7 Å². The topological polar surface area (TPSA) is 3.24 Å². The van der Waals surface area contributed by atoms with Crippen molar-refractivity contribution in [2.24, 2.45) is 0 Å². The largest absolute Gasteiger partial charge is 0.299 e. The Labute approximate surface area is 101 Å². The van der Waals surface area contributed by atoms with Gasteiger partial charge in [-0.1, -0.05) is 28.9 Å². The summed E-state index contributed by atoms with van der Waals surface area (Å²) in [7, 11) is 0. The number of likely N-dealkylation sites (tertiary alicyclic amines) is 1. The molecule has 1 aliphatic heterocycles. The van der Waals surface area contributed by atoms with Gasteiger partial charge in [0.25, 0.3) is 0 Å². The van der Waals surface area contributed by atoms with E-state index in [1.54, 1.807) is 0 Å². The summed E-state index contributed by atoms with van der Waals surface area (Å²) in [5.41, 5.74) is 2.99. The highest BCUT2D eigenvalue weighted by molar-refractivity contribution is 9.10. The van der Waals surface area contributed by atoms with Crippen LogP contribution in [0.25, 0.3) is 0 Å². The average molecular weight is 268 g/mol. The molecule has 1 fully saturated rings. The Morgan fingerprint density at radius 2 is 1.93 bits per heavy atom. The standard InChI is InChI=1S/C13H18BrN/c1-2-11-9-13(14)6-5-12(11)10-15-7-3-4-8-15/h5-6,9H,2-4,7-8,10H2,1H3. The molecule has 0 N–H and O–H groups in total. The van der Waals surface area contributed by atoms with Crippen LogP contribution in [0.5, 0.6) is 0 Å². The number of aryl methyl sites for hydroxylation is 1. The highest BCUT2D eigenvalue weighted by atomic mass is 79.9. The first-order valence-electron chi connectivity index (χ1n) is 5.79. The van der Waals surface area contributed by atoms with Crippen molar-refractivity contribution in [3.63, 3.8) is 0 Å². The van der Waals surface area contributed by atoms with Crippen molar-refractivity contribution in [3.8, 4) is 0 Å². The number of hydrogen-bond acceptors (Lipinski definition) is 1. The number of nitrogens with zero attached hydrogens (tertiary/aromatic N) is 1. The van der Waals surface area contributed by atoms with E-state index in [2.05, 4.69) is 46.0 Å². The van der Waals surface area contributed by atoms with Crippen LogP contribution >= 0.6 is 15.9 Å². The molecule has 1 heterocycles. The molecular weight excluding hydrogens is 250 g/mol. The normalized spacial score (nSPS) is 17.2. The smallest absolute Gasteiger partial charge is 0.0236 e. The third kappa shape index (κ3) is 2.82. The Kier molecular flexibility index (Phi) is 3.81. The highest BCUT2D eigenvalue weighted by Crippen LogP contribution is 2.20. The fourth-order valence-electron chi connectivity index (χ4n) is 2.26. The molecule has 0 unspecified atom stereocenters. The maximum atomic E-state index is 3.54. The first kappa shape index (κ1) is 11.2. The maximum Gasteiger partial charge on any atom is 0.0236 e. The molecule has 0 aromatic heterocycles.